The van der Waals surface area contributed by atoms with E-state index in [1.54, 1.807) is 0 Å². The number of aromatic nitrogens is 5. The van der Waals surface area contributed by atoms with Crippen LogP contribution < -0.4 is 5.32 Å². The Morgan fingerprint density at radius 1 is 1.39 bits per heavy atom. The third-order valence-corrected chi connectivity index (χ3v) is 2.82. The van der Waals surface area contributed by atoms with E-state index in [0.717, 1.165) is 25.9 Å². The van der Waals surface area contributed by atoms with Crippen molar-refractivity contribution in [1.82, 2.24) is 30.6 Å². The third-order valence-electron chi connectivity index (χ3n) is 2.82. The highest BCUT2D eigenvalue weighted by Crippen LogP contribution is 2.12. The average molecular weight is 250 g/mol. The molecule has 1 aliphatic heterocycles. The molecule has 3 heterocycles. The Morgan fingerprint density at radius 3 is 3.06 bits per heavy atom. The zero-order chi connectivity index (χ0) is 12.2. The van der Waals surface area contributed by atoms with Gasteiger partial charge in [0.05, 0.1) is 6.10 Å². The highest BCUT2D eigenvalue weighted by Gasteiger charge is 2.16. The van der Waals surface area contributed by atoms with Gasteiger partial charge in [0.2, 0.25) is 5.82 Å². The van der Waals surface area contributed by atoms with Crippen LogP contribution in [0.15, 0.2) is 10.9 Å². The molecule has 0 spiro atoms. The van der Waals surface area contributed by atoms with Crippen LogP contribution in [-0.2, 0) is 11.3 Å². The fourth-order valence-electron chi connectivity index (χ4n) is 1.87. The molecule has 0 unspecified atom stereocenters. The maximum absolute atomic E-state index is 5.72. The Balaban J connectivity index is 1.57. The molecular formula is C10H14N6O2. The lowest BCUT2D eigenvalue weighted by Crippen LogP contribution is -2.32. The van der Waals surface area contributed by atoms with E-state index in [4.69, 9.17) is 9.26 Å². The van der Waals surface area contributed by atoms with Crippen molar-refractivity contribution in [2.75, 3.05) is 13.1 Å². The van der Waals surface area contributed by atoms with Crippen molar-refractivity contribution in [3.63, 3.8) is 0 Å². The fourth-order valence-corrected chi connectivity index (χ4v) is 1.87. The summed E-state index contributed by atoms with van der Waals surface area (Å²) in [5, 5.41) is 13.5. The van der Waals surface area contributed by atoms with E-state index in [0.29, 0.717) is 24.1 Å². The van der Waals surface area contributed by atoms with Crippen molar-refractivity contribution in [2.24, 2.45) is 0 Å². The average Bonchev–Trinajstić information content (AvgIpc) is 3.08. The molecule has 0 radical (unpaired) electrons. The number of piperidine rings is 1. The van der Waals surface area contributed by atoms with Gasteiger partial charge in [-0.05, 0) is 25.9 Å². The number of nitrogens with one attached hydrogen (secondary N) is 2. The van der Waals surface area contributed by atoms with E-state index in [-0.39, 0.29) is 6.10 Å². The summed E-state index contributed by atoms with van der Waals surface area (Å²) in [6, 6.07) is 0. The minimum atomic E-state index is 0.270. The van der Waals surface area contributed by atoms with Crippen molar-refractivity contribution >= 4 is 0 Å². The van der Waals surface area contributed by atoms with Crippen LogP contribution in [0.1, 0.15) is 18.7 Å². The summed E-state index contributed by atoms with van der Waals surface area (Å²) < 4.78 is 10.8. The van der Waals surface area contributed by atoms with Crippen LogP contribution >= 0.6 is 0 Å². The molecule has 8 heteroatoms. The molecule has 1 aliphatic rings. The predicted molar refractivity (Wildman–Crippen MR) is 60.4 cm³/mol. The van der Waals surface area contributed by atoms with Gasteiger partial charge in [-0.3, -0.25) is 5.10 Å². The minimum Gasteiger partial charge on any atom is -0.368 e. The van der Waals surface area contributed by atoms with Gasteiger partial charge in [0.25, 0.3) is 5.89 Å². The van der Waals surface area contributed by atoms with Crippen molar-refractivity contribution in [2.45, 2.75) is 25.6 Å². The molecule has 2 N–H and O–H groups in total. The summed E-state index contributed by atoms with van der Waals surface area (Å²) in [4.78, 5) is 8.13. The van der Waals surface area contributed by atoms with Crippen LogP contribution in [0.2, 0.25) is 0 Å². The van der Waals surface area contributed by atoms with E-state index in [9.17, 15) is 0 Å². The number of hydrogen-bond acceptors (Lipinski definition) is 7. The molecule has 2 aromatic heterocycles. The van der Waals surface area contributed by atoms with Crippen LogP contribution in [0.5, 0.6) is 0 Å². The largest absolute Gasteiger partial charge is 0.368 e. The minimum absolute atomic E-state index is 0.270. The molecule has 0 amide bonds. The Labute approximate surface area is 103 Å². The summed E-state index contributed by atoms with van der Waals surface area (Å²) in [5.41, 5.74) is 0. The van der Waals surface area contributed by atoms with E-state index in [2.05, 4.69) is 30.6 Å². The number of nitrogens with zero attached hydrogens (tertiary/aromatic N) is 4. The van der Waals surface area contributed by atoms with Crippen molar-refractivity contribution in [3.05, 3.63) is 12.2 Å². The smallest absolute Gasteiger partial charge is 0.253 e. The molecule has 3 rings (SSSR count). The zero-order valence-corrected chi connectivity index (χ0v) is 9.80. The maximum Gasteiger partial charge on any atom is 0.253 e. The molecule has 0 aromatic carbocycles. The highest BCUT2D eigenvalue weighted by molar-refractivity contribution is 5.39. The molecule has 8 nitrogen and oxygen atoms in total. The van der Waals surface area contributed by atoms with Crippen LogP contribution in [0, 0.1) is 0 Å². The van der Waals surface area contributed by atoms with Crippen molar-refractivity contribution < 1.29 is 9.26 Å². The Kier molecular flexibility index (Phi) is 3.29. The standard InChI is InChI=1S/C10H14N6O2/c1-3-11-4-2-7(1)17-5-8-14-10(16-18-8)9-12-6-13-15-9/h6-7,11H,1-5H2,(H,12,13,15). The summed E-state index contributed by atoms with van der Waals surface area (Å²) in [6.45, 7) is 2.33. The van der Waals surface area contributed by atoms with Gasteiger partial charge in [-0.25, -0.2) is 4.98 Å². The molecular weight excluding hydrogens is 236 g/mol. The lowest BCUT2D eigenvalue weighted by atomic mass is 10.1. The monoisotopic (exact) mass is 250 g/mol. The number of rotatable bonds is 4. The number of ether oxygens (including phenoxy) is 1. The Hall–Kier alpha value is -1.80. The van der Waals surface area contributed by atoms with Gasteiger partial charge >= 0.3 is 0 Å². The van der Waals surface area contributed by atoms with Gasteiger partial charge in [-0.1, -0.05) is 5.16 Å². The van der Waals surface area contributed by atoms with Crippen molar-refractivity contribution in [3.8, 4) is 11.6 Å². The second-order valence-corrected chi connectivity index (χ2v) is 4.11. The van der Waals surface area contributed by atoms with E-state index in [1.807, 2.05) is 0 Å². The molecule has 0 aliphatic carbocycles. The molecule has 0 atom stereocenters. The summed E-state index contributed by atoms with van der Waals surface area (Å²) >= 11 is 0. The van der Waals surface area contributed by atoms with Gasteiger partial charge < -0.3 is 14.6 Å². The lowest BCUT2D eigenvalue weighted by molar-refractivity contribution is 0.00859. The van der Waals surface area contributed by atoms with Gasteiger partial charge in [0.1, 0.15) is 12.9 Å². The Morgan fingerprint density at radius 2 is 2.28 bits per heavy atom. The SMILES string of the molecule is c1n[nH]c(-c2noc(COC3CCNCC3)n2)n1. The molecule has 2 aromatic rings. The van der Waals surface area contributed by atoms with Gasteiger partial charge in [0, 0.05) is 0 Å². The highest BCUT2D eigenvalue weighted by atomic mass is 16.5. The van der Waals surface area contributed by atoms with E-state index in [1.165, 1.54) is 6.33 Å². The number of H-pyrrole nitrogens is 1. The second kappa shape index (κ2) is 5.23. The topological polar surface area (TPSA) is 102 Å². The molecule has 96 valence electrons. The van der Waals surface area contributed by atoms with Gasteiger partial charge in [-0.15, -0.1) is 0 Å². The fraction of sp³-hybridized carbons (Fsp3) is 0.600. The van der Waals surface area contributed by atoms with Crippen molar-refractivity contribution in [1.29, 1.82) is 0 Å². The zero-order valence-electron chi connectivity index (χ0n) is 9.80. The molecule has 18 heavy (non-hydrogen) atoms. The second-order valence-electron chi connectivity index (χ2n) is 4.11. The summed E-state index contributed by atoms with van der Waals surface area (Å²) in [7, 11) is 0. The molecule has 0 bridgehead atoms. The number of aromatic amines is 1. The summed E-state index contributed by atoms with van der Waals surface area (Å²) in [5.74, 6) is 1.35. The summed E-state index contributed by atoms with van der Waals surface area (Å²) in [6.07, 6.45) is 3.70. The predicted octanol–water partition coefficient (Wildman–Crippen LogP) is 0.123. The van der Waals surface area contributed by atoms with Gasteiger partial charge in [0.15, 0.2) is 5.82 Å². The first kappa shape index (κ1) is 11.3. The van der Waals surface area contributed by atoms with Crippen LogP contribution in [0.3, 0.4) is 0 Å². The molecule has 0 saturated carbocycles. The normalized spacial score (nSPS) is 17.1. The maximum atomic E-state index is 5.72. The molecule has 1 saturated heterocycles. The lowest BCUT2D eigenvalue weighted by Gasteiger charge is -2.21. The van der Waals surface area contributed by atoms with Crippen LogP contribution in [0.4, 0.5) is 0 Å². The van der Waals surface area contributed by atoms with Crippen LogP contribution in [0.25, 0.3) is 11.6 Å². The molecule has 1 fully saturated rings. The van der Waals surface area contributed by atoms with E-state index < -0.39 is 0 Å². The third kappa shape index (κ3) is 2.54. The first-order valence-corrected chi connectivity index (χ1v) is 5.92. The first-order valence-electron chi connectivity index (χ1n) is 5.92. The quantitative estimate of drug-likeness (QED) is 0.794. The van der Waals surface area contributed by atoms with Gasteiger partial charge in [-0.2, -0.15) is 10.1 Å². The first-order chi connectivity index (χ1) is 8.92. The Bertz CT molecular complexity index is 476. The number of hydrogen-bond donors (Lipinski definition) is 2. The van der Waals surface area contributed by atoms with Crippen LogP contribution in [-0.4, -0.2) is 44.5 Å². The van der Waals surface area contributed by atoms with E-state index >= 15 is 0 Å².